The lowest BCUT2D eigenvalue weighted by Crippen LogP contribution is -2.38. The normalized spacial score (nSPS) is 10.8. The Morgan fingerprint density at radius 2 is 2.00 bits per heavy atom. The van der Waals surface area contributed by atoms with Gasteiger partial charge in [-0.1, -0.05) is 18.2 Å². The highest BCUT2D eigenvalue weighted by Crippen LogP contribution is 2.07. The first kappa shape index (κ1) is 21.1. The van der Waals surface area contributed by atoms with Gasteiger partial charge in [-0.25, -0.2) is 14.4 Å². The highest BCUT2D eigenvalue weighted by atomic mass is 127. The van der Waals surface area contributed by atoms with Gasteiger partial charge in [0.25, 0.3) is 0 Å². The summed E-state index contributed by atoms with van der Waals surface area (Å²) in [5.74, 6) is 1.07. The van der Waals surface area contributed by atoms with Crippen LogP contribution in [0.3, 0.4) is 0 Å². The van der Waals surface area contributed by atoms with Crippen LogP contribution in [0.1, 0.15) is 18.2 Å². The molecule has 1 aromatic carbocycles. The van der Waals surface area contributed by atoms with Crippen molar-refractivity contribution in [1.82, 2.24) is 15.6 Å². The number of aromatic nitrogens is 1. The number of aliphatic imine (C=N–C) groups is 1. The predicted molar refractivity (Wildman–Crippen MR) is 109 cm³/mol. The molecule has 7 heteroatoms. The average Bonchev–Trinajstić information content (AvgIpc) is 2.60. The maximum absolute atomic E-state index is 13.2. The molecule has 1 aromatic heterocycles. The monoisotopic (exact) mass is 458 g/mol. The minimum absolute atomic E-state index is 0. The van der Waals surface area contributed by atoms with E-state index in [1.54, 1.807) is 25.3 Å². The van der Waals surface area contributed by atoms with E-state index in [9.17, 15) is 4.39 Å². The van der Waals surface area contributed by atoms with Gasteiger partial charge >= 0.3 is 0 Å². The summed E-state index contributed by atoms with van der Waals surface area (Å²) in [6.45, 7) is 3.89. The molecule has 0 fully saturated rings. The molecule has 25 heavy (non-hydrogen) atoms. The highest BCUT2D eigenvalue weighted by molar-refractivity contribution is 14.0. The average molecular weight is 458 g/mol. The predicted octanol–water partition coefficient (Wildman–Crippen LogP) is 3.15. The van der Waals surface area contributed by atoms with Crippen LogP contribution in [-0.2, 0) is 13.0 Å². The third-order valence-corrected chi connectivity index (χ3v) is 3.33. The summed E-state index contributed by atoms with van der Waals surface area (Å²) >= 11 is 0. The second-order valence-electron chi connectivity index (χ2n) is 5.17. The molecule has 0 radical (unpaired) electrons. The standard InChI is InChI=1S/C18H23FN4O.HI/c1-3-20-18(21-11-10-14-6-4-7-15(19)12-14)22-13-16-8-5-9-17(23-16)24-2;/h4-9,12H,3,10-11,13H2,1-2H3,(H2,20,21,22);1H. The van der Waals surface area contributed by atoms with Gasteiger partial charge in [0.05, 0.1) is 19.3 Å². The molecule has 136 valence electrons. The van der Waals surface area contributed by atoms with Gasteiger partial charge in [-0.2, -0.15) is 0 Å². The molecular formula is C18H24FIN4O. The van der Waals surface area contributed by atoms with E-state index < -0.39 is 0 Å². The summed E-state index contributed by atoms with van der Waals surface area (Å²) in [5, 5.41) is 6.43. The molecule has 0 aliphatic heterocycles. The number of pyridine rings is 1. The van der Waals surface area contributed by atoms with E-state index in [4.69, 9.17) is 4.74 Å². The van der Waals surface area contributed by atoms with Gasteiger partial charge in [0, 0.05) is 19.2 Å². The first-order chi connectivity index (χ1) is 11.7. The molecule has 2 rings (SSSR count). The van der Waals surface area contributed by atoms with Crippen molar-refractivity contribution in [2.75, 3.05) is 20.2 Å². The van der Waals surface area contributed by atoms with Crippen molar-refractivity contribution in [3.63, 3.8) is 0 Å². The van der Waals surface area contributed by atoms with Gasteiger partial charge < -0.3 is 15.4 Å². The van der Waals surface area contributed by atoms with Crippen LogP contribution >= 0.6 is 24.0 Å². The van der Waals surface area contributed by atoms with Gasteiger partial charge in [-0.05, 0) is 37.1 Å². The largest absolute Gasteiger partial charge is 0.481 e. The molecule has 2 aromatic rings. The summed E-state index contributed by atoms with van der Waals surface area (Å²) in [7, 11) is 1.59. The zero-order chi connectivity index (χ0) is 17.2. The summed E-state index contributed by atoms with van der Waals surface area (Å²) in [6, 6.07) is 12.2. The van der Waals surface area contributed by atoms with Crippen LogP contribution in [0.25, 0.3) is 0 Å². The lowest BCUT2D eigenvalue weighted by Gasteiger charge is -2.11. The summed E-state index contributed by atoms with van der Waals surface area (Å²) in [5.41, 5.74) is 1.78. The number of guanidine groups is 1. The molecule has 0 saturated carbocycles. The zero-order valence-electron chi connectivity index (χ0n) is 14.5. The van der Waals surface area contributed by atoms with E-state index in [2.05, 4.69) is 20.6 Å². The molecule has 0 bridgehead atoms. The van der Waals surface area contributed by atoms with Crippen LogP contribution in [0.2, 0.25) is 0 Å². The van der Waals surface area contributed by atoms with Crippen LogP contribution in [-0.4, -0.2) is 31.1 Å². The number of ether oxygens (including phenoxy) is 1. The Morgan fingerprint density at radius 3 is 2.72 bits per heavy atom. The fourth-order valence-electron chi connectivity index (χ4n) is 2.18. The van der Waals surface area contributed by atoms with Crippen LogP contribution in [0.15, 0.2) is 47.5 Å². The number of hydrogen-bond acceptors (Lipinski definition) is 3. The number of hydrogen-bond donors (Lipinski definition) is 2. The highest BCUT2D eigenvalue weighted by Gasteiger charge is 2.01. The van der Waals surface area contributed by atoms with Gasteiger partial charge in [0.2, 0.25) is 5.88 Å². The van der Waals surface area contributed by atoms with E-state index in [-0.39, 0.29) is 29.8 Å². The van der Waals surface area contributed by atoms with Crippen LogP contribution in [0, 0.1) is 5.82 Å². The third kappa shape index (κ3) is 7.68. The van der Waals surface area contributed by atoms with Crippen molar-refractivity contribution in [2.24, 2.45) is 4.99 Å². The van der Waals surface area contributed by atoms with Gasteiger partial charge in [0.1, 0.15) is 5.82 Å². The van der Waals surface area contributed by atoms with E-state index in [1.807, 2.05) is 25.1 Å². The van der Waals surface area contributed by atoms with Crippen molar-refractivity contribution in [1.29, 1.82) is 0 Å². The third-order valence-electron chi connectivity index (χ3n) is 3.33. The molecule has 0 atom stereocenters. The van der Waals surface area contributed by atoms with Crippen LogP contribution < -0.4 is 15.4 Å². The molecule has 0 saturated heterocycles. The first-order valence-corrected chi connectivity index (χ1v) is 7.98. The number of nitrogens with zero attached hydrogens (tertiary/aromatic N) is 2. The number of nitrogens with one attached hydrogen (secondary N) is 2. The Kier molecular flexibility index (Phi) is 9.83. The van der Waals surface area contributed by atoms with Crippen LogP contribution in [0.5, 0.6) is 5.88 Å². The maximum Gasteiger partial charge on any atom is 0.213 e. The second kappa shape index (κ2) is 11.6. The van der Waals surface area contributed by atoms with Gasteiger partial charge in [-0.15, -0.1) is 24.0 Å². The van der Waals surface area contributed by atoms with Crippen molar-refractivity contribution in [3.8, 4) is 5.88 Å². The van der Waals surface area contributed by atoms with E-state index >= 15 is 0 Å². The number of halogens is 2. The van der Waals surface area contributed by atoms with E-state index in [0.717, 1.165) is 24.2 Å². The Labute approximate surface area is 165 Å². The SMILES string of the molecule is CCNC(=NCc1cccc(OC)n1)NCCc1cccc(F)c1.I. The maximum atomic E-state index is 13.2. The van der Waals surface area contributed by atoms with E-state index in [0.29, 0.717) is 24.9 Å². The van der Waals surface area contributed by atoms with Gasteiger partial charge in [-0.3, -0.25) is 0 Å². The van der Waals surface area contributed by atoms with Gasteiger partial charge in [0.15, 0.2) is 5.96 Å². The Hall–Kier alpha value is -1.90. The van der Waals surface area contributed by atoms with Crippen molar-refractivity contribution < 1.29 is 9.13 Å². The Balaban J connectivity index is 0.00000312. The molecule has 5 nitrogen and oxygen atoms in total. The smallest absolute Gasteiger partial charge is 0.213 e. The molecular weight excluding hydrogens is 434 g/mol. The van der Waals surface area contributed by atoms with E-state index in [1.165, 1.54) is 6.07 Å². The fourth-order valence-corrected chi connectivity index (χ4v) is 2.18. The fraction of sp³-hybridized carbons (Fsp3) is 0.333. The lowest BCUT2D eigenvalue weighted by molar-refractivity contribution is 0.396. The first-order valence-electron chi connectivity index (χ1n) is 7.98. The number of benzene rings is 1. The summed E-state index contributed by atoms with van der Waals surface area (Å²) in [6.07, 6.45) is 0.722. The quantitative estimate of drug-likeness (QED) is 0.381. The number of methoxy groups -OCH3 is 1. The lowest BCUT2D eigenvalue weighted by atomic mass is 10.1. The molecule has 2 N–H and O–H groups in total. The van der Waals surface area contributed by atoms with Crippen molar-refractivity contribution in [2.45, 2.75) is 19.9 Å². The Morgan fingerprint density at radius 1 is 1.20 bits per heavy atom. The molecule has 0 unspecified atom stereocenters. The molecule has 0 aliphatic rings. The minimum atomic E-state index is -0.211. The summed E-state index contributed by atoms with van der Waals surface area (Å²) < 4.78 is 18.3. The van der Waals surface area contributed by atoms with Crippen molar-refractivity contribution in [3.05, 3.63) is 59.5 Å². The minimum Gasteiger partial charge on any atom is -0.481 e. The van der Waals surface area contributed by atoms with Crippen LogP contribution in [0.4, 0.5) is 4.39 Å². The molecule has 1 heterocycles. The zero-order valence-corrected chi connectivity index (χ0v) is 16.8. The molecule has 0 amide bonds. The number of rotatable bonds is 7. The molecule has 0 aliphatic carbocycles. The van der Waals surface area contributed by atoms with Crippen molar-refractivity contribution >= 4 is 29.9 Å². The Bertz CT molecular complexity index is 682. The summed E-state index contributed by atoms with van der Waals surface area (Å²) in [4.78, 5) is 8.84. The topological polar surface area (TPSA) is 58.5 Å². The molecule has 0 spiro atoms. The second-order valence-corrected chi connectivity index (χ2v) is 5.17.